The summed E-state index contributed by atoms with van der Waals surface area (Å²) in [6.07, 6.45) is 1.22. The molecule has 0 saturated carbocycles. The van der Waals surface area contributed by atoms with E-state index < -0.39 is 5.54 Å². The number of phenolic OH excluding ortho intramolecular Hbond substituents is 1. The maximum Gasteiger partial charge on any atom is 0.415 e. The van der Waals surface area contributed by atoms with Crippen LogP contribution in [0.3, 0.4) is 0 Å². The Balaban J connectivity index is 2.30. The number of rotatable bonds is 4. The van der Waals surface area contributed by atoms with E-state index in [1.165, 1.54) is 0 Å². The van der Waals surface area contributed by atoms with Crippen LogP contribution in [0.2, 0.25) is 0 Å². The minimum Gasteiger partial charge on any atom is -0.508 e. The van der Waals surface area contributed by atoms with Gasteiger partial charge in [-0.1, -0.05) is 6.07 Å². The van der Waals surface area contributed by atoms with Crippen molar-refractivity contribution in [2.75, 3.05) is 18.1 Å². The van der Waals surface area contributed by atoms with E-state index in [-0.39, 0.29) is 11.8 Å². The van der Waals surface area contributed by atoms with Gasteiger partial charge in [0.1, 0.15) is 12.4 Å². The van der Waals surface area contributed by atoms with Gasteiger partial charge in [-0.3, -0.25) is 4.90 Å². The smallest absolute Gasteiger partial charge is 0.415 e. The molecule has 1 aromatic carbocycles. The van der Waals surface area contributed by atoms with Gasteiger partial charge in [0.25, 0.3) is 0 Å². The molecule has 1 unspecified atom stereocenters. The number of nitrogens with two attached hydrogens (primary N) is 1. The summed E-state index contributed by atoms with van der Waals surface area (Å²) >= 11 is 0. The van der Waals surface area contributed by atoms with E-state index in [1.807, 2.05) is 6.92 Å². The Morgan fingerprint density at radius 3 is 3.00 bits per heavy atom. The van der Waals surface area contributed by atoms with E-state index in [9.17, 15) is 9.90 Å². The third-order valence-electron chi connectivity index (χ3n) is 3.24. The molecule has 1 saturated heterocycles. The van der Waals surface area contributed by atoms with Gasteiger partial charge in [-0.15, -0.1) is 0 Å². The van der Waals surface area contributed by atoms with Crippen molar-refractivity contribution in [3.8, 4) is 5.75 Å². The Morgan fingerprint density at radius 2 is 2.33 bits per heavy atom. The molecular weight excluding hydrogens is 232 g/mol. The van der Waals surface area contributed by atoms with E-state index in [1.54, 1.807) is 29.2 Å². The number of carbonyl (C=O) groups is 1. The fraction of sp³-hybridized carbons (Fsp3) is 0.462. The SMILES string of the molecule is CC1(CCCN)COC(=O)N1c1cccc(O)c1. The van der Waals surface area contributed by atoms with E-state index >= 15 is 0 Å². The second-order valence-electron chi connectivity index (χ2n) is 4.80. The Hall–Kier alpha value is -1.75. The quantitative estimate of drug-likeness (QED) is 0.855. The Kier molecular flexibility index (Phi) is 3.43. The topological polar surface area (TPSA) is 75.8 Å². The van der Waals surface area contributed by atoms with Crippen LogP contribution in [-0.2, 0) is 4.74 Å². The van der Waals surface area contributed by atoms with Crippen molar-refractivity contribution < 1.29 is 14.6 Å². The van der Waals surface area contributed by atoms with Crippen LogP contribution in [0.1, 0.15) is 19.8 Å². The summed E-state index contributed by atoms with van der Waals surface area (Å²) in [5.74, 6) is 0.133. The lowest BCUT2D eigenvalue weighted by Gasteiger charge is -2.31. The van der Waals surface area contributed by atoms with E-state index in [0.717, 1.165) is 12.8 Å². The molecule has 1 atom stereocenters. The maximum absolute atomic E-state index is 11.9. The van der Waals surface area contributed by atoms with Gasteiger partial charge < -0.3 is 15.6 Å². The lowest BCUT2D eigenvalue weighted by Crippen LogP contribution is -2.45. The molecule has 0 bridgehead atoms. The van der Waals surface area contributed by atoms with Crippen LogP contribution in [-0.4, -0.2) is 29.9 Å². The maximum atomic E-state index is 11.9. The fourth-order valence-corrected chi connectivity index (χ4v) is 2.28. The number of hydrogen-bond donors (Lipinski definition) is 2. The number of nitrogens with zero attached hydrogens (tertiary/aromatic N) is 1. The van der Waals surface area contributed by atoms with E-state index in [4.69, 9.17) is 10.5 Å². The molecule has 1 aromatic rings. The molecule has 1 heterocycles. The van der Waals surface area contributed by atoms with E-state index in [0.29, 0.717) is 18.8 Å². The molecule has 0 aromatic heterocycles. The number of amides is 1. The second kappa shape index (κ2) is 4.86. The van der Waals surface area contributed by atoms with Crippen LogP contribution < -0.4 is 10.6 Å². The Labute approximate surface area is 106 Å². The highest BCUT2D eigenvalue weighted by Crippen LogP contribution is 2.35. The lowest BCUT2D eigenvalue weighted by molar-refractivity contribution is 0.173. The summed E-state index contributed by atoms with van der Waals surface area (Å²) in [5, 5.41) is 9.51. The van der Waals surface area contributed by atoms with Gasteiger partial charge in [-0.05, 0) is 38.4 Å². The standard InChI is InChI=1S/C13H18N2O3/c1-13(6-3-7-14)9-18-12(17)15(13)10-4-2-5-11(16)8-10/h2,4-5,8,16H,3,6-7,9,14H2,1H3. The van der Waals surface area contributed by atoms with Crippen LogP contribution >= 0.6 is 0 Å². The molecule has 0 radical (unpaired) electrons. The zero-order chi connectivity index (χ0) is 13.2. The summed E-state index contributed by atoms with van der Waals surface area (Å²) < 4.78 is 5.14. The third kappa shape index (κ3) is 2.26. The second-order valence-corrected chi connectivity index (χ2v) is 4.80. The number of cyclic esters (lactones) is 1. The van der Waals surface area contributed by atoms with Gasteiger partial charge in [-0.25, -0.2) is 4.79 Å². The summed E-state index contributed by atoms with van der Waals surface area (Å²) in [4.78, 5) is 13.5. The lowest BCUT2D eigenvalue weighted by atomic mass is 9.95. The average Bonchev–Trinajstić information content (AvgIpc) is 2.63. The van der Waals surface area contributed by atoms with Gasteiger partial charge >= 0.3 is 6.09 Å². The highest BCUT2D eigenvalue weighted by atomic mass is 16.6. The fourth-order valence-electron chi connectivity index (χ4n) is 2.28. The molecule has 5 heteroatoms. The summed E-state index contributed by atoms with van der Waals surface area (Å²) in [6.45, 7) is 2.90. The molecule has 3 N–H and O–H groups in total. The molecule has 1 aliphatic rings. The minimum absolute atomic E-state index is 0.133. The number of anilines is 1. The molecule has 1 aliphatic heterocycles. The summed E-state index contributed by atoms with van der Waals surface area (Å²) in [5.41, 5.74) is 5.78. The first-order valence-corrected chi connectivity index (χ1v) is 6.03. The van der Waals surface area contributed by atoms with Crippen LogP contribution in [0.25, 0.3) is 0 Å². The van der Waals surface area contributed by atoms with Gasteiger partial charge in [0.05, 0.1) is 11.2 Å². The first-order chi connectivity index (χ1) is 8.57. The first-order valence-electron chi connectivity index (χ1n) is 6.03. The number of aromatic hydroxyl groups is 1. The number of hydrogen-bond acceptors (Lipinski definition) is 4. The molecule has 0 aliphatic carbocycles. The van der Waals surface area contributed by atoms with Crippen molar-refractivity contribution in [2.45, 2.75) is 25.3 Å². The zero-order valence-corrected chi connectivity index (χ0v) is 10.4. The first kappa shape index (κ1) is 12.7. The van der Waals surface area contributed by atoms with Gasteiger partial charge in [0.2, 0.25) is 0 Å². The molecule has 2 rings (SSSR count). The van der Waals surface area contributed by atoms with Crippen LogP contribution in [0.4, 0.5) is 10.5 Å². The third-order valence-corrected chi connectivity index (χ3v) is 3.24. The predicted molar refractivity (Wildman–Crippen MR) is 68.6 cm³/mol. The summed E-state index contributed by atoms with van der Waals surface area (Å²) in [6, 6.07) is 6.63. The van der Waals surface area contributed by atoms with Gasteiger partial charge in [-0.2, -0.15) is 0 Å². The van der Waals surface area contributed by atoms with Crippen molar-refractivity contribution in [1.29, 1.82) is 0 Å². The number of phenols is 1. The molecule has 0 spiro atoms. The molecule has 1 fully saturated rings. The number of carbonyl (C=O) groups excluding carboxylic acids is 1. The highest BCUT2D eigenvalue weighted by Gasteiger charge is 2.44. The van der Waals surface area contributed by atoms with Crippen molar-refractivity contribution in [2.24, 2.45) is 5.73 Å². The van der Waals surface area contributed by atoms with Crippen molar-refractivity contribution in [1.82, 2.24) is 0 Å². The molecule has 18 heavy (non-hydrogen) atoms. The zero-order valence-electron chi connectivity index (χ0n) is 10.4. The van der Waals surface area contributed by atoms with Crippen LogP contribution in [0.5, 0.6) is 5.75 Å². The Morgan fingerprint density at radius 1 is 1.56 bits per heavy atom. The Bertz CT molecular complexity index is 450. The molecule has 5 nitrogen and oxygen atoms in total. The average molecular weight is 250 g/mol. The van der Waals surface area contributed by atoms with Crippen molar-refractivity contribution in [3.05, 3.63) is 24.3 Å². The normalized spacial score (nSPS) is 23.2. The molecule has 98 valence electrons. The van der Waals surface area contributed by atoms with Crippen LogP contribution in [0, 0.1) is 0 Å². The van der Waals surface area contributed by atoms with Gasteiger partial charge in [0.15, 0.2) is 0 Å². The number of benzene rings is 1. The van der Waals surface area contributed by atoms with Crippen molar-refractivity contribution >= 4 is 11.8 Å². The van der Waals surface area contributed by atoms with Crippen molar-refractivity contribution in [3.63, 3.8) is 0 Å². The van der Waals surface area contributed by atoms with E-state index in [2.05, 4.69) is 0 Å². The van der Waals surface area contributed by atoms with Gasteiger partial charge in [0, 0.05) is 6.07 Å². The monoisotopic (exact) mass is 250 g/mol. The predicted octanol–water partition coefficient (Wildman–Crippen LogP) is 1.85. The minimum atomic E-state index is -0.399. The summed E-state index contributed by atoms with van der Waals surface area (Å²) in [7, 11) is 0. The molecule has 1 amide bonds. The molecular formula is C13H18N2O3. The van der Waals surface area contributed by atoms with Crippen LogP contribution in [0.15, 0.2) is 24.3 Å². The largest absolute Gasteiger partial charge is 0.508 e. The number of ether oxygens (including phenoxy) is 1. The highest BCUT2D eigenvalue weighted by molar-refractivity contribution is 5.91.